The van der Waals surface area contributed by atoms with Crippen molar-refractivity contribution in [3.05, 3.63) is 10.4 Å². The van der Waals surface area contributed by atoms with Gasteiger partial charge in [-0.15, -0.1) is 0 Å². The smallest absolute Gasteiger partial charge is 0.303 e. The summed E-state index contributed by atoms with van der Waals surface area (Å²) >= 11 is 0. The Labute approximate surface area is 110 Å². The molecule has 1 heterocycles. The third-order valence-corrected chi connectivity index (χ3v) is 4.56. The minimum absolute atomic E-state index is 0.0794. The Morgan fingerprint density at radius 1 is 1.58 bits per heavy atom. The topological polar surface area (TPSA) is 133 Å². The van der Waals surface area contributed by atoms with Crippen molar-refractivity contribution >= 4 is 16.0 Å². The number of ether oxygens (including phenoxy) is 1. The molecule has 1 aliphatic heterocycles. The number of azide groups is 1. The molecule has 0 bridgehead atoms. The molecule has 0 amide bonds. The summed E-state index contributed by atoms with van der Waals surface area (Å²) in [6.45, 7) is 0.692. The van der Waals surface area contributed by atoms with E-state index < -0.39 is 22.1 Å². The fraction of sp³-hybridized carbons (Fsp3) is 0.889. The molecule has 0 saturated carbocycles. The van der Waals surface area contributed by atoms with Crippen molar-refractivity contribution in [1.29, 1.82) is 0 Å². The van der Waals surface area contributed by atoms with E-state index in [1.54, 1.807) is 0 Å². The van der Waals surface area contributed by atoms with Crippen molar-refractivity contribution in [2.45, 2.75) is 18.9 Å². The molecule has 1 aliphatic rings. The van der Waals surface area contributed by atoms with Gasteiger partial charge >= 0.3 is 5.97 Å². The summed E-state index contributed by atoms with van der Waals surface area (Å²) in [6, 6.07) is 0. The average molecular weight is 292 g/mol. The summed E-state index contributed by atoms with van der Waals surface area (Å²) in [7, 11) is -3.48. The maximum atomic E-state index is 12.0. The van der Waals surface area contributed by atoms with Crippen LogP contribution >= 0.6 is 0 Å². The van der Waals surface area contributed by atoms with Crippen LogP contribution in [0.1, 0.15) is 12.8 Å². The third kappa shape index (κ3) is 5.43. The highest BCUT2D eigenvalue weighted by atomic mass is 32.2. The Hall–Kier alpha value is -1.35. The molecule has 0 aromatic rings. The molecule has 19 heavy (non-hydrogen) atoms. The minimum atomic E-state index is -3.48. The van der Waals surface area contributed by atoms with Gasteiger partial charge in [-0.25, -0.2) is 8.42 Å². The lowest BCUT2D eigenvalue weighted by molar-refractivity contribution is -0.137. The molecular formula is C9H16N4O5S. The number of carboxylic acids is 1. The summed E-state index contributed by atoms with van der Waals surface area (Å²) in [5.74, 6) is -1.22. The lowest BCUT2D eigenvalue weighted by Crippen LogP contribution is -2.47. The van der Waals surface area contributed by atoms with Crippen LogP contribution in [0, 0.1) is 0 Å². The van der Waals surface area contributed by atoms with Crippen molar-refractivity contribution in [2.75, 3.05) is 32.0 Å². The van der Waals surface area contributed by atoms with Crippen LogP contribution in [0.15, 0.2) is 5.11 Å². The van der Waals surface area contributed by atoms with Crippen LogP contribution in [-0.2, 0) is 19.6 Å². The van der Waals surface area contributed by atoms with Gasteiger partial charge in [0.1, 0.15) is 0 Å². The number of sulfonamides is 1. The van der Waals surface area contributed by atoms with Gasteiger partial charge in [-0.3, -0.25) is 4.79 Å². The van der Waals surface area contributed by atoms with Gasteiger partial charge in [0.15, 0.2) is 0 Å². The summed E-state index contributed by atoms with van der Waals surface area (Å²) in [5, 5.41) is 11.8. The predicted molar refractivity (Wildman–Crippen MR) is 66.0 cm³/mol. The molecular weight excluding hydrogens is 276 g/mol. The fourth-order valence-corrected chi connectivity index (χ4v) is 3.23. The van der Waals surface area contributed by atoms with Gasteiger partial charge in [0.2, 0.25) is 10.0 Å². The van der Waals surface area contributed by atoms with E-state index in [1.807, 2.05) is 0 Å². The zero-order valence-corrected chi connectivity index (χ0v) is 11.1. The van der Waals surface area contributed by atoms with Gasteiger partial charge in [0.25, 0.3) is 0 Å². The second-order valence-corrected chi connectivity index (χ2v) is 6.17. The second-order valence-electron chi connectivity index (χ2n) is 4.08. The van der Waals surface area contributed by atoms with E-state index >= 15 is 0 Å². The number of carbonyl (C=O) groups is 1. The van der Waals surface area contributed by atoms with E-state index in [1.165, 1.54) is 4.31 Å². The highest BCUT2D eigenvalue weighted by molar-refractivity contribution is 7.89. The van der Waals surface area contributed by atoms with E-state index in [-0.39, 0.29) is 44.8 Å². The molecule has 10 heteroatoms. The van der Waals surface area contributed by atoms with Crippen LogP contribution in [0.2, 0.25) is 0 Å². The molecule has 0 aliphatic carbocycles. The van der Waals surface area contributed by atoms with Gasteiger partial charge in [-0.2, -0.15) is 4.31 Å². The molecule has 1 N–H and O–H groups in total. The average Bonchev–Trinajstić information content (AvgIpc) is 2.36. The van der Waals surface area contributed by atoms with E-state index in [4.69, 9.17) is 15.4 Å². The van der Waals surface area contributed by atoms with Crippen LogP contribution in [0.4, 0.5) is 0 Å². The van der Waals surface area contributed by atoms with Crippen molar-refractivity contribution in [2.24, 2.45) is 5.11 Å². The molecule has 0 aromatic heterocycles. The zero-order valence-electron chi connectivity index (χ0n) is 10.3. The van der Waals surface area contributed by atoms with Gasteiger partial charge in [-0.1, -0.05) is 5.11 Å². The summed E-state index contributed by atoms with van der Waals surface area (Å²) < 4.78 is 30.5. The number of rotatable bonds is 7. The number of hydrogen-bond acceptors (Lipinski definition) is 5. The molecule has 108 valence electrons. The molecule has 0 spiro atoms. The molecule has 9 nitrogen and oxygen atoms in total. The first kappa shape index (κ1) is 15.7. The van der Waals surface area contributed by atoms with Crippen molar-refractivity contribution < 1.29 is 23.1 Å². The zero-order chi connectivity index (χ0) is 14.3. The fourth-order valence-electron chi connectivity index (χ4n) is 1.72. The summed E-state index contributed by atoms with van der Waals surface area (Å²) in [4.78, 5) is 13.0. The SMILES string of the molecule is [N-]=[N+]=NCC1CN(S(=O)(=O)CCCC(=O)O)CCO1. The maximum Gasteiger partial charge on any atom is 0.303 e. The quantitative estimate of drug-likeness (QED) is 0.406. The molecule has 0 radical (unpaired) electrons. The predicted octanol–water partition coefficient (Wildman–Crippen LogP) is 0.192. The van der Waals surface area contributed by atoms with Crippen LogP contribution in [-0.4, -0.2) is 61.9 Å². The number of carboxylic acid groups (broad SMARTS) is 1. The van der Waals surface area contributed by atoms with Gasteiger partial charge in [0.05, 0.1) is 25.0 Å². The van der Waals surface area contributed by atoms with Gasteiger partial charge in [0, 0.05) is 24.4 Å². The maximum absolute atomic E-state index is 12.0. The number of nitrogens with zero attached hydrogens (tertiary/aromatic N) is 4. The number of morpholine rings is 1. The lowest BCUT2D eigenvalue weighted by atomic mass is 10.3. The Kier molecular flexibility index (Phi) is 6.03. The first-order chi connectivity index (χ1) is 8.95. The number of hydrogen-bond donors (Lipinski definition) is 1. The normalized spacial score (nSPS) is 20.7. The van der Waals surface area contributed by atoms with Crippen molar-refractivity contribution in [3.63, 3.8) is 0 Å². The third-order valence-electron chi connectivity index (χ3n) is 2.64. The molecule has 0 aromatic carbocycles. The number of aliphatic carboxylic acids is 1. The molecule has 1 saturated heterocycles. The van der Waals surface area contributed by atoms with Crippen molar-refractivity contribution in [1.82, 2.24) is 4.31 Å². The Balaban J connectivity index is 2.52. The van der Waals surface area contributed by atoms with E-state index in [9.17, 15) is 13.2 Å². The first-order valence-electron chi connectivity index (χ1n) is 5.78. The summed E-state index contributed by atoms with van der Waals surface area (Å²) in [6.07, 6.45) is -0.541. The van der Waals surface area contributed by atoms with E-state index in [2.05, 4.69) is 10.0 Å². The van der Waals surface area contributed by atoms with E-state index in [0.29, 0.717) is 0 Å². The monoisotopic (exact) mass is 292 g/mol. The van der Waals surface area contributed by atoms with Gasteiger partial charge < -0.3 is 9.84 Å². The molecule has 1 atom stereocenters. The first-order valence-corrected chi connectivity index (χ1v) is 7.38. The van der Waals surface area contributed by atoms with Crippen LogP contribution in [0.5, 0.6) is 0 Å². The Morgan fingerprint density at radius 2 is 2.32 bits per heavy atom. The Bertz CT molecular complexity index is 459. The molecule has 1 fully saturated rings. The minimum Gasteiger partial charge on any atom is -0.481 e. The van der Waals surface area contributed by atoms with Crippen molar-refractivity contribution in [3.8, 4) is 0 Å². The summed E-state index contributed by atoms with van der Waals surface area (Å²) in [5.41, 5.74) is 8.21. The molecule has 1 unspecified atom stereocenters. The lowest BCUT2D eigenvalue weighted by Gasteiger charge is -2.31. The van der Waals surface area contributed by atoms with Crippen LogP contribution < -0.4 is 0 Å². The Morgan fingerprint density at radius 3 is 2.95 bits per heavy atom. The molecule has 1 rings (SSSR count). The van der Waals surface area contributed by atoms with E-state index in [0.717, 1.165) is 0 Å². The largest absolute Gasteiger partial charge is 0.481 e. The van der Waals surface area contributed by atoms with Crippen LogP contribution in [0.25, 0.3) is 10.4 Å². The highest BCUT2D eigenvalue weighted by Crippen LogP contribution is 2.12. The second kappa shape index (κ2) is 7.29. The van der Waals surface area contributed by atoms with Gasteiger partial charge in [-0.05, 0) is 12.0 Å². The standard InChI is InChI=1S/C9H16N4O5S/c10-12-11-6-8-7-13(3-4-18-8)19(16,17)5-1-2-9(14)15/h8H,1-7H2,(H,14,15). The van der Waals surface area contributed by atoms with Crippen LogP contribution in [0.3, 0.4) is 0 Å². The highest BCUT2D eigenvalue weighted by Gasteiger charge is 2.28.